The zero-order chi connectivity index (χ0) is 24.6. The van der Waals surface area contributed by atoms with E-state index in [2.05, 4.69) is 15.3 Å². The molecule has 0 spiro atoms. The Balaban J connectivity index is 1.28. The van der Waals surface area contributed by atoms with Crippen molar-refractivity contribution in [3.05, 3.63) is 17.5 Å². The Labute approximate surface area is 208 Å². The van der Waals surface area contributed by atoms with Crippen LogP contribution in [-0.4, -0.2) is 92.5 Å². The van der Waals surface area contributed by atoms with Gasteiger partial charge in [-0.05, 0) is 39.5 Å². The molecule has 9 nitrogen and oxygen atoms in total. The lowest BCUT2D eigenvalue weighted by atomic mass is 9.94. The normalized spacial score (nSPS) is 26.7. The number of carbonyl (C=O) groups excluding carboxylic acids is 3. The molecule has 2 aliphatic heterocycles. The number of nitrogens with one attached hydrogen (secondary N) is 1. The van der Waals surface area contributed by atoms with Crippen molar-refractivity contribution >= 4 is 17.7 Å². The van der Waals surface area contributed by atoms with E-state index in [1.807, 2.05) is 18.7 Å². The summed E-state index contributed by atoms with van der Waals surface area (Å²) in [5.74, 6) is -0.493. The highest BCUT2D eigenvalue weighted by Gasteiger charge is 2.48. The molecule has 2 aliphatic carbocycles. The fourth-order valence-electron chi connectivity index (χ4n) is 6.55. The third kappa shape index (κ3) is 4.59. The van der Waals surface area contributed by atoms with Crippen LogP contribution in [0.15, 0.2) is 6.07 Å². The number of likely N-dealkylation sites (N-methyl/N-ethyl adjacent to an activating group) is 1. The van der Waals surface area contributed by atoms with E-state index in [1.165, 1.54) is 32.1 Å². The first-order valence-electron chi connectivity index (χ1n) is 13.6. The third-order valence-corrected chi connectivity index (χ3v) is 8.71. The van der Waals surface area contributed by atoms with Crippen molar-refractivity contribution in [2.75, 3.05) is 32.7 Å². The molecule has 5 rings (SSSR count). The SMILES string of the molecule is CCN1C(=O)c2cc(C(=O)N3CCN(C4CCCCC4)CC3)nn2C[C@]1(C)C(=O)NC1CCCC1. The van der Waals surface area contributed by atoms with Crippen molar-refractivity contribution in [1.29, 1.82) is 0 Å². The first kappa shape index (κ1) is 24.3. The van der Waals surface area contributed by atoms with Crippen LogP contribution in [0.5, 0.6) is 0 Å². The monoisotopic (exact) mass is 484 g/mol. The van der Waals surface area contributed by atoms with Gasteiger partial charge in [-0.15, -0.1) is 0 Å². The zero-order valence-electron chi connectivity index (χ0n) is 21.3. The van der Waals surface area contributed by atoms with Crippen LogP contribution in [0.3, 0.4) is 0 Å². The number of hydrogen-bond acceptors (Lipinski definition) is 5. The molecule has 1 aromatic heterocycles. The molecular weight excluding hydrogens is 444 g/mol. The van der Waals surface area contributed by atoms with Crippen molar-refractivity contribution in [3.63, 3.8) is 0 Å². The molecular formula is C26H40N6O3. The first-order valence-corrected chi connectivity index (χ1v) is 13.6. The van der Waals surface area contributed by atoms with Crippen molar-refractivity contribution in [3.8, 4) is 0 Å². The number of rotatable bonds is 5. The van der Waals surface area contributed by atoms with Crippen LogP contribution in [0.25, 0.3) is 0 Å². The highest BCUT2D eigenvalue weighted by molar-refractivity contribution is 6.02. The summed E-state index contributed by atoms with van der Waals surface area (Å²) in [6.07, 6.45) is 10.7. The summed E-state index contributed by atoms with van der Waals surface area (Å²) in [4.78, 5) is 46.1. The summed E-state index contributed by atoms with van der Waals surface area (Å²) >= 11 is 0. The average Bonchev–Trinajstić information content (AvgIpc) is 3.54. The van der Waals surface area contributed by atoms with E-state index in [0.717, 1.165) is 38.8 Å². The van der Waals surface area contributed by atoms with Crippen LogP contribution >= 0.6 is 0 Å². The fourth-order valence-corrected chi connectivity index (χ4v) is 6.55. The maximum Gasteiger partial charge on any atom is 0.274 e. The molecule has 3 heterocycles. The molecule has 192 valence electrons. The van der Waals surface area contributed by atoms with Gasteiger partial charge in [0.1, 0.15) is 11.2 Å². The average molecular weight is 485 g/mol. The Morgan fingerprint density at radius 2 is 1.69 bits per heavy atom. The molecule has 1 N–H and O–H groups in total. The molecule has 1 saturated heterocycles. The molecule has 9 heteroatoms. The minimum absolute atomic E-state index is 0.122. The molecule has 2 saturated carbocycles. The van der Waals surface area contributed by atoms with E-state index in [1.54, 1.807) is 15.6 Å². The van der Waals surface area contributed by atoms with Gasteiger partial charge >= 0.3 is 0 Å². The summed E-state index contributed by atoms with van der Waals surface area (Å²) in [6, 6.07) is 2.46. The molecule has 3 fully saturated rings. The lowest BCUT2D eigenvalue weighted by Gasteiger charge is -2.43. The van der Waals surface area contributed by atoms with Crippen LogP contribution in [-0.2, 0) is 11.3 Å². The van der Waals surface area contributed by atoms with Gasteiger partial charge in [0.05, 0.1) is 6.54 Å². The Bertz CT molecular complexity index is 956. The molecule has 0 unspecified atom stereocenters. The van der Waals surface area contributed by atoms with Gasteiger partial charge in [-0.2, -0.15) is 5.10 Å². The van der Waals surface area contributed by atoms with Crippen molar-refractivity contribution < 1.29 is 14.4 Å². The van der Waals surface area contributed by atoms with Crippen molar-refractivity contribution in [2.45, 2.75) is 95.8 Å². The van der Waals surface area contributed by atoms with E-state index in [-0.39, 0.29) is 30.3 Å². The van der Waals surface area contributed by atoms with E-state index in [4.69, 9.17) is 0 Å². The smallest absolute Gasteiger partial charge is 0.274 e. The molecule has 0 bridgehead atoms. The third-order valence-electron chi connectivity index (χ3n) is 8.71. The number of nitrogens with zero attached hydrogens (tertiary/aromatic N) is 5. The van der Waals surface area contributed by atoms with Gasteiger partial charge in [-0.1, -0.05) is 32.1 Å². The first-order chi connectivity index (χ1) is 16.9. The van der Waals surface area contributed by atoms with Crippen LogP contribution < -0.4 is 5.32 Å². The van der Waals surface area contributed by atoms with E-state index < -0.39 is 5.54 Å². The van der Waals surface area contributed by atoms with E-state index in [0.29, 0.717) is 37.1 Å². The zero-order valence-corrected chi connectivity index (χ0v) is 21.3. The van der Waals surface area contributed by atoms with E-state index in [9.17, 15) is 14.4 Å². The highest BCUT2D eigenvalue weighted by Crippen LogP contribution is 2.29. The van der Waals surface area contributed by atoms with Gasteiger partial charge < -0.3 is 15.1 Å². The van der Waals surface area contributed by atoms with Gasteiger partial charge in [0.15, 0.2) is 5.69 Å². The maximum absolute atomic E-state index is 13.4. The Kier molecular flexibility index (Phi) is 6.88. The van der Waals surface area contributed by atoms with Crippen LogP contribution in [0.2, 0.25) is 0 Å². The lowest BCUT2D eigenvalue weighted by molar-refractivity contribution is -0.133. The standard InChI is InChI=1S/C26H40N6O3/c1-3-31-24(34)22-17-21(23(33)30-15-13-29(14-16-30)20-11-5-4-6-12-20)28-32(22)18-26(31,2)25(35)27-19-9-7-8-10-19/h17,19-20H,3-16,18H2,1-2H3,(H,27,35)/t26-/m1/s1. The molecule has 35 heavy (non-hydrogen) atoms. The number of aromatic nitrogens is 2. The number of hydrogen-bond donors (Lipinski definition) is 1. The number of fused-ring (bicyclic) bond motifs is 1. The van der Waals surface area contributed by atoms with Crippen molar-refractivity contribution in [2.24, 2.45) is 0 Å². The van der Waals surface area contributed by atoms with Crippen molar-refractivity contribution in [1.82, 2.24) is 29.8 Å². The van der Waals surface area contributed by atoms with Gasteiger partial charge in [-0.25, -0.2) is 0 Å². The fraction of sp³-hybridized carbons (Fsp3) is 0.769. The second kappa shape index (κ2) is 9.91. The van der Waals surface area contributed by atoms with Crippen LogP contribution in [0.1, 0.15) is 92.6 Å². The van der Waals surface area contributed by atoms with Gasteiger partial charge in [0.25, 0.3) is 11.8 Å². The Hall–Kier alpha value is -2.42. The minimum Gasteiger partial charge on any atom is -0.351 e. The molecule has 0 aromatic carbocycles. The van der Waals surface area contributed by atoms with Gasteiger partial charge in [-0.3, -0.25) is 24.0 Å². The Morgan fingerprint density at radius 1 is 1.03 bits per heavy atom. The van der Waals surface area contributed by atoms with E-state index >= 15 is 0 Å². The topological polar surface area (TPSA) is 90.8 Å². The molecule has 1 aromatic rings. The largest absolute Gasteiger partial charge is 0.351 e. The molecule has 0 radical (unpaired) electrons. The minimum atomic E-state index is -1.03. The summed E-state index contributed by atoms with van der Waals surface area (Å²) < 4.78 is 1.58. The van der Waals surface area contributed by atoms with Crippen LogP contribution in [0.4, 0.5) is 0 Å². The molecule has 4 aliphatic rings. The predicted octanol–water partition coefficient (Wildman–Crippen LogP) is 2.27. The van der Waals surface area contributed by atoms with Gasteiger partial charge in [0, 0.05) is 50.9 Å². The lowest BCUT2D eigenvalue weighted by Crippen LogP contribution is -2.64. The maximum atomic E-state index is 13.4. The summed E-state index contributed by atoms with van der Waals surface area (Å²) in [6.45, 7) is 7.55. The number of amides is 3. The number of carbonyl (C=O) groups is 3. The number of piperazine rings is 1. The molecule has 3 amide bonds. The molecule has 1 atom stereocenters. The quantitative estimate of drug-likeness (QED) is 0.692. The van der Waals surface area contributed by atoms with Gasteiger partial charge in [0.2, 0.25) is 5.91 Å². The summed E-state index contributed by atoms with van der Waals surface area (Å²) in [5.41, 5.74) is -0.336. The summed E-state index contributed by atoms with van der Waals surface area (Å²) in [5, 5.41) is 7.71. The summed E-state index contributed by atoms with van der Waals surface area (Å²) in [7, 11) is 0. The highest BCUT2D eigenvalue weighted by atomic mass is 16.2. The second-order valence-electron chi connectivity index (χ2n) is 11.0. The van der Waals surface area contributed by atoms with Crippen LogP contribution in [0, 0.1) is 0 Å². The predicted molar refractivity (Wildman–Crippen MR) is 132 cm³/mol. The second-order valence-corrected chi connectivity index (χ2v) is 11.0. The Morgan fingerprint density at radius 3 is 2.34 bits per heavy atom.